The number of ether oxygens (including phenoxy) is 2. The zero-order valence-electron chi connectivity index (χ0n) is 18.5. The van der Waals surface area contributed by atoms with Crippen molar-refractivity contribution in [2.75, 3.05) is 0 Å². The number of allylic oxidation sites excluding steroid dienone is 2. The van der Waals surface area contributed by atoms with Gasteiger partial charge in [-0.1, -0.05) is 32.1 Å². The smallest absolute Gasteiger partial charge is 0.311 e. The van der Waals surface area contributed by atoms with Gasteiger partial charge in [0.15, 0.2) is 0 Å². The van der Waals surface area contributed by atoms with Gasteiger partial charge in [0.1, 0.15) is 12.2 Å². The fourth-order valence-electron chi connectivity index (χ4n) is 4.84. The van der Waals surface area contributed by atoms with Gasteiger partial charge in [0.25, 0.3) is 0 Å². The molecule has 0 aromatic heterocycles. The summed E-state index contributed by atoms with van der Waals surface area (Å²) in [6.07, 6.45) is 7.21. The number of aliphatic hydroxyl groups is 2. The highest BCUT2D eigenvalue weighted by molar-refractivity contribution is 5.76. The number of esters is 2. The minimum Gasteiger partial charge on any atom is -0.462 e. The summed E-state index contributed by atoms with van der Waals surface area (Å²) in [6, 6.07) is 0. The molecular weight excluding hydrogens is 384 g/mol. The van der Waals surface area contributed by atoms with Crippen LogP contribution in [0.3, 0.4) is 0 Å². The molecule has 0 aromatic rings. The van der Waals surface area contributed by atoms with Crippen molar-refractivity contribution < 1.29 is 29.3 Å². The van der Waals surface area contributed by atoms with Crippen LogP contribution in [0.4, 0.5) is 0 Å². The number of rotatable bonds is 6. The van der Waals surface area contributed by atoms with Gasteiger partial charge in [-0.25, -0.2) is 0 Å². The van der Waals surface area contributed by atoms with Gasteiger partial charge in [-0.3, -0.25) is 9.59 Å². The van der Waals surface area contributed by atoms with E-state index in [1.807, 2.05) is 32.9 Å². The molecule has 7 atom stereocenters. The zero-order chi connectivity index (χ0) is 22.1. The number of hydrogen-bond donors (Lipinski definition) is 2. The van der Waals surface area contributed by atoms with Crippen LogP contribution >= 0.6 is 0 Å². The van der Waals surface area contributed by atoms with E-state index in [0.29, 0.717) is 25.7 Å². The van der Waals surface area contributed by atoms with Gasteiger partial charge >= 0.3 is 11.9 Å². The van der Waals surface area contributed by atoms with Crippen molar-refractivity contribution in [3.63, 3.8) is 0 Å². The second-order valence-electron chi connectivity index (χ2n) is 9.84. The second kappa shape index (κ2) is 9.23. The first-order valence-electron chi connectivity index (χ1n) is 11.3. The van der Waals surface area contributed by atoms with Gasteiger partial charge in [-0.05, 0) is 50.5 Å². The molecule has 0 spiro atoms. The van der Waals surface area contributed by atoms with Crippen molar-refractivity contribution in [1.82, 2.24) is 0 Å². The normalized spacial score (nSPS) is 36.5. The van der Waals surface area contributed by atoms with Crippen LogP contribution in [0, 0.1) is 23.2 Å². The van der Waals surface area contributed by atoms with Crippen LogP contribution in [-0.2, 0) is 19.1 Å². The summed E-state index contributed by atoms with van der Waals surface area (Å²) in [5, 5.41) is 20.2. The summed E-state index contributed by atoms with van der Waals surface area (Å²) in [6.45, 7) is 7.89. The van der Waals surface area contributed by atoms with Crippen LogP contribution in [0.25, 0.3) is 0 Å². The van der Waals surface area contributed by atoms with E-state index in [4.69, 9.17) is 9.47 Å². The van der Waals surface area contributed by atoms with Crippen molar-refractivity contribution in [3.05, 3.63) is 23.8 Å². The van der Waals surface area contributed by atoms with Crippen molar-refractivity contribution >= 4 is 11.9 Å². The average molecular weight is 421 g/mol. The molecule has 3 rings (SSSR count). The molecule has 1 fully saturated rings. The molecule has 1 saturated heterocycles. The molecule has 1 aliphatic heterocycles. The maximum Gasteiger partial charge on any atom is 0.311 e. The third kappa shape index (κ3) is 5.14. The minimum atomic E-state index is -0.634. The first kappa shape index (κ1) is 23.0. The summed E-state index contributed by atoms with van der Waals surface area (Å²) in [7, 11) is 0. The molecule has 2 N–H and O–H groups in total. The Morgan fingerprint density at radius 1 is 1.27 bits per heavy atom. The molecule has 2 aliphatic carbocycles. The highest BCUT2D eigenvalue weighted by Crippen LogP contribution is 2.44. The lowest BCUT2D eigenvalue weighted by Gasteiger charge is -2.43. The lowest BCUT2D eigenvalue weighted by atomic mass is 9.66. The van der Waals surface area contributed by atoms with Gasteiger partial charge in [-0.2, -0.15) is 0 Å². The molecule has 7 unspecified atom stereocenters. The average Bonchev–Trinajstić information content (AvgIpc) is 2.66. The summed E-state index contributed by atoms with van der Waals surface area (Å²) in [5.74, 6) is -0.0886. The van der Waals surface area contributed by atoms with E-state index >= 15 is 0 Å². The fraction of sp³-hybridized carbons (Fsp3) is 0.750. The van der Waals surface area contributed by atoms with Crippen LogP contribution in [0.1, 0.15) is 66.2 Å². The molecule has 3 aliphatic rings. The van der Waals surface area contributed by atoms with Gasteiger partial charge in [0.05, 0.1) is 24.0 Å². The van der Waals surface area contributed by atoms with E-state index in [1.54, 1.807) is 0 Å². The summed E-state index contributed by atoms with van der Waals surface area (Å²) in [4.78, 5) is 24.5. The standard InChI is InChI=1S/C24H36O6/c1-5-24(3,4)23(28)30-20-12-16(25)10-15-7-6-14(2)19(22(15)20)9-8-18-11-17(26)13-21(27)29-18/h6-7,10,14,16-20,22,25-26H,5,8-9,11-13H2,1-4H3. The molecule has 168 valence electrons. The Morgan fingerprint density at radius 2 is 2.00 bits per heavy atom. The Bertz CT molecular complexity index is 708. The Morgan fingerprint density at radius 3 is 2.67 bits per heavy atom. The SMILES string of the molecule is CCC(C)(C)C(=O)OC1CC(O)C=C2C=CC(C)C(CCC3CC(O)CC(=O)O3)C21. The first-order chi connectivity index (χ1) is 14.1. The molecule has 0 saturated carbocycles. The summed E-state index contributed by atoms with van der Waals surface area (Å²) in [5.41, 5.74) is 0.453. The summed E-state index contributed by atoms with van der Waals surface area (Å²) >= 11 is 0. The maximum absolute atomic E-state index is 12.8. The van der Waals surface area contributed by atoms with Crippen LogP contribution in [-0.4, -0.2) is 46.6 Å². The molecule has 1 heterocycles. The molecule has 0 aromatic carbocycles. The van der Waals surface area contributed by atoms with Gasteiger partial charge in [0, 0.05) is 18.8 Å². The van der Waals surface area contributed by atoms with E-state index in [1.165, 1.54) is 0 Å². The lowest BCUT2D eigenvalue weighted by Crippen LogP contribution is -2.44. The monoisotopic (exact) mass is 420 g/mol. The maximum atomic E-state index is 12.8. The van der Waals surface area contributed by atoms with E-state index in [-0.39, 0.29) is 48.3 Å². The third-order valence-electron chi connectivity index (χ3n) is 7.13. The van der Waals surface area contributed by atoms with E-state index in [0.717, 1.165) is 12.0 Å². The van der Waals surface area contributed by atoms with Gasteiger partial charge < -0.3 is 19.7 Å². The fourth-order valence-corrected chi connectivity index (χ4v) is 4.84. The van der Waals surface area contributed by atoms with Crippen LogP contribution in [0.2, 0.25) is 0 Å². The molecule has 0 radical (unpaired) electrons. The molecular formula is C24H36O6. The number of hydrogen-bond acceptors (Lipinski definition) is 6. The van der Waals surface area contributed by atoms with Gasteiger partial charge in [-0.15, -0.1) is 0 Å². The Balaban J connectivity index is 1.76. The van der Waals surface area contributed by atoms with Crippen LogP contribution in [0.5, 0.6) is 0 Å². The predicted octanol–water partition coefficient (Wildman–Crippen LogP) is 3.31. The van der Waals surface area contributed by atoms with Crippen molar-refractivity contribution in [1.29, 1.82) is 0 Å². The minimum absolute atomic E-state index is 0.00854. The lowest BCUT2D eigenvalue weighted by molar-refractivity contribution is -0.166. The third-order valence-corrected chi connectivity index (χ3v) is 7.13. The first-order valence-corrected chi connectivity index (χ1v) is 11.3. The molecule has 6 nitrogen and oxygen atoms in total. The molecule has 0 bridgehead atoms. The molecule has 6 heteroatoms. The van der Waals surface area contributed by atoms with Crippen LogP contribution in [0.15, 0.2) is 23.8 Å². The largest absolute Gasteiger partial charge is 0.462 e. The predicted molar refractivity (Wildman–Crippen MR) is 112 cm³/mol. The number of cyclic esters (lactones) is 1. The van der Waals surface area contributed by atoms with Gasteiger partial charge in [0.2, 0.25) is 0 Å². The van der Waals surface area contributed by atoms with Crippen molar-refractivity contribution in [3.8, 4) is 0 Å². The number of carbonyl (C=O) groups excluding carboxylic acids is 2. The zero-order valence-corrected chi connectivity index (χ0v) is 18.5. The molecule has 0 amide bonds. The van der Waals surface area contributed by atoms with Crippen molar-refractivity contribution in [2.24, 2.45) is 23.2 Å². The van der Waals surface area contributed by atoms with E-state index in [9.17, 15) is 19.8 Å². The molecule has 30 heavy (non-hydrogen) atoms. The Kier molecular flexibility index (Phi) is 7.08. The number of fused-ring (bicyclic) bond motifs is 1. The number of carbonyl (C=O) groups is 2. The second-order valence-corrected chi connectivity index (χ2v) is 9.84. The number of aliphatic hydroxyl groups excluding tert-OH is 2. The van der Waals surface area contributed by atoms with E-state index < -0.39 is 17.6 Å². The highest BCUT2D eigenvalue weighted by Gasteiger charge is 2.43. The highest BCUT2D eigenvalue weighted by atomic mass is 16.6. The van der Waals surface area contributed by atoms with E-state index in [2.05, 4.69) is 13.0 Å². The van der Waals surface area contributed by atoms with Crippen molar-refractivity contribution in [2.45, 2.75) is 90.6 Å². The topological polar surface area (TPSA) is 93.1 Å². The Hall–Kier alpha value is -1.66. The Labute approximate surface area is 179 Å². The quantitative estimate of drug-likeness (QED) is 0.641. The summed E-state index contributed by atoms with van der Waals surface area (Å²) < 4.78 is 11.4. The van der Waals surface area contributed by atoms with Crippen LogP contribution < -0.4 is 0 Å².